The van der Waals surface area contributed by atoms with Gasteiger partial charge in [-0.3, -0.25) is 4.98 Å². The summed E-state index contributed by atoms with van der Waals surface area (Å²) in [6.07, 6.45) is 4.43. The smallest absolute Gasteiger partial charge is 0.0749 e. The molecule has 0 aliphatic rings. The maximum Gasteiger partial charge on any atom is 0.0749 e. The Morgan fingerprint density at radius 2 is 1.58 bits per heavy atom. The van der Waals surface area contributed by atoms with Crippen LogP contribution < -0.4 is 5.73 Å². The SMILES string of the molecule is NC(C/C(C#Cc1ccc(Cl)cc1)=C\c1ccc(Cl)cc1)c1cccc2cccnc12. The summed E-state index contributed by atoms with van der Waals surface area (Å²) in [7, 11) is 0. The molecule has 3 aromatic carbocycles. The van der Waals surface area contributed by atoms with Gasteiger partial charge in [0, 0.05) is 38.8 Å². The number of hydrogen-bond acceptors (Lipinski definition) is 2. The van der Waals surface area contributed by atoms with Crippen molar-refractivity contribution in [1.82, 2.24) is 4.98 Å². The minimum Gasteiger partial charge on any atom is -0.324 e. The number of nitrogens with two attached hydrogens (primary N) is 1. The second-order valence-corrected chi connectivity index (χ2v) is 8.08. The number of halogens is 2. The second kappa shape index (κ2) is 9.81. The molecule has 4 heteroatoms. The Labute approximate surface area is 192 Å². The first-order chi connectivity index (χ1) is 15.1. The molecule has 0 saturated heterocycles. The number of nitrogens with zero attached hydrogens (tertiary/aromatic N) is 1. The van der Waals surface area contributed by atoms with Crippen LogP contribution in [0.5, 0.6) is 0 Å². The number of pyridine rings is 1. The Hall–Kier alpha value is -3.09. The minimum atomic E-state index is -0.239. The molecule has 0 aliphatic carbocycles. The molecule has 2 N–H and O–H groups in total. The Morgan fingerprint density at radius 3 is 2.32 bits per heavy atom. The molecule has 0 amide bonds. The normalized spacial score (nSPS) is 12.3. The van der Waals surface area contributed by atoms with Gasteiger partial charge in [-0.25, -0.2) is 0 Å². The zero-order valence-corrected chi connectivity index (χ0v) is 18.2. The number of fused-ring (bicyclic) bond motifs is 1. The molecule has 0 saturated carbocycles. The van der Waals surface area contributed by atoms with Gasteiger partial charge in [-0.05, 0) is 66.1 Å². The van der Waals surface area contributed by atoms with E-state index in [0.717, 1.165) is 33.2 Å². The van der Waals surface area contributed by atoms with Crippen molar-refractivity contribution in [3.05, 3.63) is 117 Å². The fourth-order valence-electron chi connectivity index (χ4n) is 3.37. The summed E-state index contributed by atoms with van der Waals surface area (Å²) in [5, 5.41) is 2.46. The maximum atomic E-state index is 6.64. The summed E-state index contributed by atoms with van der Waals surface area (Å²) >= 11 is 12.0. The van der Waals surface area contributed by atoms with Crippen LogP contribution in [0.1, 0.15) is 29.2 Å². The van der Waals surface area contributed by atoms with Crippen molar-refractivity contribution in [2.45, 2.75) is 12.5 Å². The van der Waals surface area contributed by atoms with Crippen molar-refractivity contribution in [1.29, 1.82) is 0 Å². The lowest BCUT2D eigenvalue weighted by Gasteiger charge is -2.14. The quantitative estimate of drug-likeness (QED) is 0.343. The largest absolute Gasteiger partial charge is 0.324 e. The van der Waals surface area contributed by atoms with Crippen LogP contribution in [0.4, 0.5) is 0 Å². The second-order valence-electron chi connectivity index (χ2n) is 7.21. The molecule has 2 nitrogen and oxygen atoms in total. The van der Waals surface area contributed by atoms with Crippen LogP contribution in [0.15, 0.2) is 90.6 Å². The average molecular weight is 443 g/mol. The highest BCUT2D eigenvalue weighted by Gasteiger charge is 2.12. The van der Waals surface area contributed by atoms with Gasteiger partial charge in [0.05, 0.1) is 5.52 Å². The topological polar surface area (TPSA) is 38.9 Å². The van der Waals surface area contributed by atoms with Crippen molar-refractivity contribution in [2.75, 3.05) is 0 Å². The van der Waals surface area contributed by atoms with Crippen LogP contribution >= 0.6 is 23.2 Å². The summed E-state index contributed by atoms with van der Waals surface area (Å²) in [6.45, 7) is 0. The standard InChI is InChI=1S/C27H20Cl2N2/c28-23-12-8-19(9-13-23)6-7-21(17-20-10-14-24(29)15-11-20)18-26(30)25-5-1-3-22-4-2-16-31-27(22)25/h1-5,8-17,26H,18,30H2/b21-17-. The molecular weight excluding hydrogens is 423 g/mol. The summed E-state index contributed by atoms with van der Waals surface area (Å²) < 4.78 is 0. The molecule has 1 unspecified atom stereocenters. The first-order valence-corrected chi connectivity index (χ1v) is 10.7. The highest BCUT2D eigenvalue weighted by atomic mass is 35.5. The monoisotopic (exact) mass is 442 g/mol. The van der Waals surface area contributed by atoms with Crippen molar-refractivity contribution in [2.24, 2.45) is 5.73 Å². The van der Waals surface area contributed by atoms with Crippen LogP contribution in [0, 0.1) is 11.8 Å². The lowest BCUT2D eigenvalue weighted by atomic mass is 9.96. The fraction of sp³-hybridized carbons (Fsp3) is 0.0741. The molecule has 31 heavy (non-hydrogen) atoms. The zero-order valence-electron chi connectivity index (χ0n) is 16.7. The molecule has 1 aromatic heterocycles. The van der Waals surface area contributed by atoms with E-state index in [1.807, 2.05) is 78.9 Å². The van der Waals surface area contributed by atoms with Crippen LogP contribution in [-0.4, -0.2) is 4.98 Å². The number of benzene rings is 3. The third kappa shape index (κ3) is 5.54. The van der Waals surface area contributed by atoms with Crippen molar-refractivity contribution in [3.8, 4) is 11.8 Å². The number of hydrogen-bond donors (Lipinski definition) is 1. The molecular formula is C27H20Cl2N2. The van der Waals surface area contributed by atoms with E-state index >= 15 is 0 Å². The Balaban J connectivity index is 1.68. The zero-order chi connectivity index (χ0) is 21.6. The number of para-hydroxylation sites is 1. The van der Waals surface area contributed by atoms with Gasteiger partial charge in [-0.1, -0.05) is 71.4 Å². The van der Waals surface area contributed by atoms with Crippen LogP contribution in [-0.2, 0) is 0 Å². The number of aromatic nitrogens is 1. The predicted molar refractivity (Wildman–Crippen MR) is 131 cm³/mol. The molecule has 0 radical (unpaired) electrons. The highest BCUT2D eigenvalue weighted by Crippen LogP contribution is 2.26. The Bertz CT molecular complexity index is 1280. The van der Waals surface area contributed by atoms with Crippen LogP contribution in [0.3, 0.4) is 0 Å². The van der Waals surface area contributed by atoms with Crippen LogP contribution in [0.2, 0.25) is 10.0 Å². The molecule has 0 spiro atoms. The summed E-state index contributed by atoms with van der Waals surface area (Å²) in [4.78, 5) is 4.54. The molecule has 0 aliphatic heterocycles. The van der Waals surface area contributed by atoms with E-state index in [0.29, 0.717) is 16.5 Å². The van der Waals surface area contributed by atoms with E-state index in [4.69, 9.17) is 28.9 Å². The predicted octanol–water partition coefficient (Wildman–Crippen LogP) is 7.07. The van der Waals surface area contributed by atoms with Gasteiger partial charge in [0.1, 0.15) is 0 Å². The van der Waals surface area contributed by atoms with Gasteiger partial charge >= 0.3 is 0 Å². The van der Waals surface area contributed by atoms with Crippen molar-refractivity contribution in [3.63, 3.8) is 0 Å². The molecule has 0 fully saturated rings. The maximum absolute atomic E-state index is 6.64. The van der Waals surface area contributed by atoms with Gasteiger partial charge in [0.25, 0.3) is 0 Å². The Kier molecular flexibility index (Phi) is 6.70. The van der Waals surface area contributed by atoms with Gasteiger partial charge in [-0.15, -0.1) is 0 Å². The number of rotatable bonds is 4. The molecule has 4 aromatic rings. The summed E-state index contributed by atoms with van der Waals surface area (Å²) in [5.41, 5.74) is 11.4. The highest BCUT2D eigenvalue weighted by molar-refractivity contribution is 6.30. The minimum absolute atomic E-state index is 0.239. The average Bonchev–Trinajstić information content (AvgIpc) is 2.79. The molecule has 4 rings (SSSR count). The van der Waals surface area contributed by atoms with Gasteiger partial charge in [-0.2, -0.15) is 0 Å². The third-order valence-corrected chi connectivity index (χ3v) is 5.43. The van der Waals surface area contributed by atoms with E-state index in [9.17, 15) is 0 Å². The van der Waals surface area contributed by atoms with Crippen molar-refractivity contribution >= 4 is 40.2 Å². The van der Waals surface area contributed by atoms with Gasteiger partial charge in [0.15, 0.2) is 0 Å². The lowest BCUT2D eigenvalue weighted by Crippen LogP contribution is -2.12. The first kappa shape index (κ1) is 21.2. The summed E-state index contributed by atoms with van der Waals surface area (Å²) in [6, 6.07) is 25.0. The Morgan fingerprint density at radius 1 is 0.903 bits per heavy atom. The molecule has 1 heterocycles. The fourth-order valence-corrected chi connectivity index (χ4v) is 3.62. The van der Waals surface area contributed by atoms with E-state index in [-0.39, 0.29) is 6.04 Å². The van der Waals surface area contributed by atoms with Crippen molar-refractivity contribution < 1.29 is 0 Å². The van der Waals surface area contributed by atoms with E-state index in [1.54, 1.807) is 6.20 Å². The van der Waals surface area contributed by atoms with Gasteiger partial charge < -0.3 is 5.73 Å². The van der Waals surface area contributed by atoms with Gasteiger partial charge in [0.2, 0.25) is 0 Å². The lowest BCUT2D eigenvalue weighted by molar-refractivity contribution is 0.734. The molecule has 1 atom stereocenters. The third-order valence-electron chi connectivity index (χ3n) is 4.93. The summed E-state index contributed by atoms with van der Waals surface area (Å²) in [5.74, 6) is 6.53. The first-order valence-electron chi connectivity index (χ1n) is 9.91. The molecule has 0 bridgehead atoms. The van der Waals surface area contributed by atoms with E-state index in [1.165, 1.54) is 0 Å². The van der Waals surface area contributed by atoms with E-state index in [2.05, 4.69) is 22.9 Å². The van der Waals surface area contributed by atoms with E-state index < -0.39 is 0 Å². The molecule has 152 valence electrons. The van der Waals surface area contributed by atoms with Crippen LogP contribution in [0.25, 0.3) is 17.0 Å².